The first-order valence-electron chi connectivity index (χ1n) is 14.5. The van der Waals surface area contributed by atoms with E-state index < -0.39 is 54.9 Å². The Morgan fingerprint density at radius 3 is 1.98 bits per heavy atom. The highest BCUT2D eigenvalue weighted by Gasteiger charge is 2.28. The smallest absolute Gasteiger partial charge is 0.488 e. The number of benzene rings is 4. The molecule has 0 radical (unpaired) electrons. The van der Waals surface area contributed by atoms with Gasteiger partial charge in [0.2, 0.25) is 17.7 Å². The zero-order chi connectivity index (χ0) is 34.1. The van der Waals surface area contributed by atoms with Crippen LogP contribution >= 0.6 is 0 Å². The number of nitrogens with zero attached hydrogens (tertiary/aromatic N) is 2. The highest BCUT2D eigenvalue weighted by atomic mass is 19.1. The van der Waals surface area contributed by atoms with Crippen molar-refractivity contribution in [1.29, 1.82) is 0 Å². The summed E-state index contributed by atoms with van der Waals surface area (Å²) in [6.07, 6.45) is -0.407. The lowest BCUT2D eigenvalue weighted by Gasteiger charge is -2.27. The summed E-state index contributed by atoms with van der Waals surface area (Å²) >= 11 is 0. The van der Waals surface area contributed by atoms with Gasteiger partial charge in [0.15, 0.2) is 0 Å². The van der Waals surface area contributed by atoms with Crippen molar-refractivity contribution < 1.29 is 42.3 Å². The number of carbonyl (C=O) groups excluding carboxylic acids is 3. The average molecular weight is 647 g/mol. The molecule has 4 aromatic carbocycles. The van der Waals surface area contributed by atoms with Crippen molar-refractivity contribution in [1.82, 2.24) is 10.2 Å². The van der Waals surface area contributed by atoms with Crippen LogP contribution in [0.5, 0.6) is 5.75 Å². The minimum atomic E-state index is -1.68. The first kappa shape index (κ1) is 34.7. The Kier molecular flexibility index (Phi) is 11.8. The van der Waals surface area contributed by atoms with E-state index in [1.807, 2.05) is 0 Å². The standard InChI is InChI=1S/C34H33BF3N3O6/c1-40(29-11-13-30(47-2)14-12-29)34(44)31(17-24-15-27(37)19-28(38)16-24)39-32(42)21-41(20-23-5-9-26(36)10-6-23)33(43)18-22-3-7-25(8-4-22)35(45)46/h3-16,19,31,45-46H,17-18,20-21H2,1-2H3,(H,39,42)/t31-/m0/s1. The Bertz CT molecular complexity index is 1670. The third kappa shape index (κ3) is 9.92. The van der Waals surface area contributed by atoms with E-state index >= 15 is 0 Å². The summed E-state index contributed by atoms with van der Waals surface area (Å²) in [6, 6.07) is 19.5. The van der Waals surface area contributed by atoms with Crippen molar-refractivity contribution in [2.75, 3.05) is 25.6 Å². The van der Waals surface area contributed by atoms with Crippen LogP contribution in [-0.2, 0) is 33.8 Å². The van der Waals surface area contributed by atoms with Crippen molar-refractivity contribution >= 4 is 36.0 Å². The number of rotatable bonds is 13. The van der Waals surface area contributed by atoms with Crippen LogP contribution in [0.25, 0.3) is 0 Å². The molecule has 0 aliphatic heterocycles. The largest absolute Gasteiger partial charge is 0.497 e. The molecule has 0 spiro atoms. The monoisotopic (exact) mass is 647 g/mol. The van der Waals surface area contributed by atoms with Gasteiger partial charge >= 0.3 is 7.12 Å². The van der Waals surface area contributed by atoms with E-state index in [-0.39, 0.29) is 30.4 Å². The summed E-state index contributed by atoms with van der Waals surface area (Å²) in [5.74, 6) is -3.41. The maximum Gasteiger partial charge on any atom is 0.488 e. The van der Waals surface area contributed by atoms with Gasteiger partial charge < -0.3 is 29.9 Å². The fourth-order valence-electron chi connectivity index (χ4n) is 4.88. The van der Waals surface area contributed by atoms with Crippen LogP contribution in [0.2, 0.25) is 0 Å². The van der Waals surface area contributed by atoms with E-state index in [4.69, 9.17) is 4.74 Å². The van der Waals surface area contributed by atoms with Crippen molar-refractivity contribution in [2.24, 2.45) is 0 Å². The molecular weight excluding hydrogens is 614 g/mol. The number of halogens is 3. The number of ether oxygens (including phenoxy) is 1. The Morgan fingerprint density at radius 2 is 1.40 bits per heavy atom. The number of nitrogens with one attached hydrogen (secondary N) is 1. The first-order chi connectivity index (χ1) is 22.4. The molecule has 0 bridgehead atoms. The molecule has 4 aromatic rings. The van der Waals surface area contributed by atoms with Gasteiger partial charge in [-0.2, -0.15) is 0 Å². The molecule has 0 aliphatic carbocycles. The van der Waals surface area contributed by atoms with Crippen LogP contribution in [0.15, 0.2) is 91.0 Å². The van der Waals surface area contributed by atoms with E-state index in [2.05, 4.69) is 5.32 Å². The Balaban J connectivity index is 1.57. The molecule has 47 heavy (non-hydrogen) atoms. The predicted octanol–water partition coefficient (Wildman–Crippen LogP) is 2.75. The molecule has 244 valence electrons. The van der Waals surface area contributed by atoms with Crippen molar-refractivity contribution in [3.63, 3.8) is 0 Å². The minimum Gasteiger partial charge on any atom is -0.497 e. The zero-order valence-corrected chi connectivity index (χ0v) is 25.7. The predicted molar refractivity (Wildman–Crippen MR) is 170 cm³/mol. The van der Waals surface area contributed by atoms with Gasteiger partial charge in [-0.25, -0.2) is 13.2 Å². The molecule has 13 heteroatoms. The maximum atomic E-state index is 14.0. The summed E-state index contributed by atoms with van der Waals surface area (Å²) < 4.78 is 46.8. The van der Waals surface area contributed by atoms with Gasteiger partial charge in [-0.1, -0.05) is 36.4 Å². The van der Waals surface area contributed by atoms with Crippen molar-refractivity contribution in [3.8, 4) is 5.75 Å². The molecule has 0 heterocycles. The van der Waals surface area contributed by atoms with E-state index in [1.54, 1.807) is 36.4 Å². The molecule has 0 aliphatic rings. The number of carbonyl (C=O) groups is 3. The van der Waals surface area contributed by atoms with E-state index in [0.717, 1.165) is 12.1 Å². The van der Waals surface area contributed by atoms with Gasteiger partial charge in [-0.15, -0.1) is 0 Å². The van der Waals surface area contributed by atoms with Gasteiger partial charge in [0.05, 0.1) is 20.1 Å². The van der Waals surface area contributed by atoms with Crippen LogP contribution in [0, 0.1) is 17.5 Å². The fraction of sp³-hybridized carbons (Fsp3) is 0.206. The van der Waals surface area contributed by atoms with Crippen LogP contribution < -0.4 is 20.4 Å². The second-order valence-electron chi connectivity index (χ2n) is 10.9. The van der Waals surface area contributed by atoms with E-state index in [9.17, 15) is 37.6 Å². The van der Waals surface area contributed by atoms with Gasteiger partial charge in [0, 0.05) is 31.8 Å². The van der Waals surface area contributed by atoms with Gasteiger partial charge in [0.1, 0.15) is 29.2 Å². The molecule has 3 N–H and O–H groups in total. The number of anilines is 1. The van der Waals surface area contributed by atoms with Crippen LogP contribution in [0.3, 0.4) is 0 Å². The van der Waals surface area contributed by atoms with Crippen LogP contribution in [0.1, 0.15) is 16.7 Å². The van der Waals surface area contributed by atoms with Gasteiger partial charge in [-0.05, 0) is 70.7 Å². The third-order valence-electron chi connectivity index (χ3n) is 7.39. The molecule has 4 rings (SSSR count). The first-order valence-corrected chi connectivity index (χ1v) is 14.5. The molecule has 3 amide bonds. The highest BCUT2D eigenvalue weighted by molar-refractivity contribution is 6.58. The van der Waals surface area contributed by atoms with Crippen molar-refractivity contribution in [3.05, 3.63) is 125 Å². The molecule has 0 saturated carbocycles. The Labute approximate surface area is 270 Å². The van der Waals surface area contributed by atoms with Gasteiger partial charge in [-0.3, -0.25) is 14.4 Å². The van der Waals surface area contributed by atoms with Gasteiger partial charge in [0.25, 0.3) is 0 Å². The second-order valence-corrected chi connectivity index (χ2v) is 10.9. The number of methoxy groups -OCH3 is 1. The number of likely N-dealkylation sites (N-methyl/N-ethyl adjacent to an activating group) is 1. The zero-order valence-electron chi connectivity index (χ0n) is 25.7. The van der Waals surface area contributed by atoms with Crippen molar-refractivity contribution in [2.45, 2.75) is 25.4 Å². The molecule has 9 nitrogen and oxygen atoms in total. The second kappa shape index (κ2) is 15.9. The van der Waals surface area contributed by atoms with E-state index in [0.29, 0.717) is 28.6 Å². The Hall–Kier alpha value is -5.14. The summed E-state index contributed by atoms with van der Waals surface area (Å²) in [5.41, 5.74) is 1.89. The number of amides is 3. The normalized spacial score (nSPS) is 11.4. The summed E-state index contributed by atoms with van der Waals surface area (Å²) in [4.78, 5) is 43.2. The fourth-order valence-corrected chi connectivity index (χ4v) is 4.88. The quantitative estimate of drug-likeness (QED) is 0.192. The summed E-state index contributed by atoms with van der Waals surface area (Å²) in [7, 11) is 1.30. The SMILES string of the molecule is COc1ccc(N(C)C(=O)[C@H](Cc2cc(F)cc(F)c2)NC(=O)CN(Cc2ccc(F)cc2)C(=O)Cc2ccc(B(O)O)cc2)cc1. The number of hydrogen-bond acceptors (Lipinski definition) is 6. The lowest BCUT2D eigenvalue weighted by atomic mass is 9.80. The molecule has 0 unspecified atom stereocenters. The average Bonchev–Trinajstić information content (AvgIpc) is 3.04. The molecule has 0 aromatic heterocycles. The minimum absolute atomic E-state index is 0.0700. The molecular formula is C34H33BF3N3O6. The molecule has 0 fully saturated rings. The third-order valence-corrected chi connectivity index (χ3v) is 7.39. The summed E-state index contributed by atoms with van der Waals surface area (Å²) in [5, 5.41) is 21.4. The van der Waals surface area contributed by atoms with Crippen LogP contribution in [0.4, 0.5) is 18.9 Å². The Morgan fingerprint density at radius 1 is 0.809 bits per heavy atom. The van der Waals surface area contributed by atoms with Crippen LogP contribution in [-0.4, -0.2) is 66.5 Å². The molecule has 0 saturated heterocycles. The summed E-state index contributed by atoms with van der Waals surface area (Å²) in [6.45, 7) is -0.573. The highest BCUT2D eigenvalue weighted by Crippen LogP contribution is 2.20. The maximum absolute atomic E-state index is 14.0. The topological polar surface area (TPSA) is 119 Å². The van der Waals surface area contributed by atoms with E-state index in [1.165, 1.54) is 60.4 Å². The molecule has 1 atom stereocenters. The lowest BCUT2D eigenvalue weighted by Crippen LogP contribution is -2.51. The lowest BCUT2D eigenvalue weighted by molar-refractivity contribution is -0.136. The number of hydrogen-bond donors (Lipinski definition) is 3.